The standard InChI is InChI=1S/C32H33N3O3/c36-31(21-16-26-11-5-2-6-12-26)34-28-14-7-15-29(23-28)35-32(37)24-33-27-17-19-30(20-18-27)38-22-8-13-25-9-3-1-4-10-25/h1-7,9-12,14-15,17-20,23,33H,8,13,16,21-22,24H2,(H,34,36)(H,35,37). The molecule has 0 radical (unpaired) electrons. The molecule has 0 heterocycles. The topological polar surface area (TPSA) is 79.5 Å². The molecule has 3 N–H and O–H groups in total. The molecule has 0 bridgehead atoms. The third-order valence-electron chi connectivity index (χ3n) is 5.94. The fourth-order valence-electron chi connectivity index (χ4n) is 3.97. The molecule has 4 rings (SSSR count). The van der Waals surface area contributed by atoms with Gasteiger partial charge in [0.05, 0.1) is 13.2 Å². The third kappa shape index (κ3) is 9.13. The number of hydrogen-bond acceptors (Lipinski definition) is 4. The van der Waals surface area contributed by atoms with E-state index in [9.17, 15) is 9.59 Å². The molecule has 0 saturated carbocycles. The highest BCUT2D eigenvalue weighted by molar-refractivity contribution is 5.95. The largest absolute Gasteiger partial charge is 0.494 e. The first kappa shape index (κ1) is 26.5. The first-order valence-corrected chi connectivity index (χ1v) is 12.9. The molecule has 4 aromatic rings. The van der Waals surface area contributed by atoms with Crippen LogP contribution in [0.15, 0.2) is 109 Å². The van der Waals surface area contributed by atoms with Crippen molar-refractivity contribution in [2.24, 2.45) is 0 Å². The van der Waals surface area contributed by atoms with Crippen molar-refractivity contribution in [2.45, 2.75) is 25.7 Å². The Bertz CT molecular complexity index is 1290. The number of aryl methyl sites for hydroxylation is 2. The first-order chi connectivity index (χ1) is 18.6. The molecule has 2 amide bonds. The number of nitrogens with one attached hydrogen (secondary N) is 3. The van der Waals surface area contributed by atoms with Crippen molar-refractivity contribution in [1.29, 1.82) is 0 Å². The molecule has 0 atom stereocenters. The lowest BCUT2D eigenvalue weighted by atomic mass is 10.1. The Labute approximate surface area is 224 Å². The Morgan fingerprint density at radius 1 is 0.605 bits per heavy atom. The van der Waals surface area contributed by atoms with Crippen LogP contribution in [0, 0.1) is 0 Å². The van der Waals surface area contributed by atoms with Crippen LogP contribution in [0.1, 0.15) is 24.0 Å². The van der Waals surface area contributed by atoms with Crippen LogP contribution >= 0.6 is 0 Å². The zero-order valence-electron chi connectivity index (χ0n) is 21.4. The smallest absolute Gasteiger partial charge is 0.243 e. The highest BCUT2D eigenvalue weighted by Gasteiger charge is 2.07. The lowest BCUT2D eigenvalue weighted by Gasteiger charge is -2.11. The minimum atomic E-state index is -0.182. The average molecular weight is 508 g/mol. The van der Waals surface area contributed by atoms with Crippen molar-refractivity contribution >= 4 is 28.9 Å². The van der Waals surface area contributed by atoms with Crippen molar-refractivity contribution < 1.29 is 14.3 Å². The van der Waals surface area contributed by atoms with Gasteiger partial charge in [-0.1, -0.05) is 66.7 Å². The molecule has 6 heteroatoms. The van der Waals surface area contributed by atoms with Gasteiger partial charge in [-0.05, 0) is 72.9 Å². The zero-order valence-corrected chi connectivity index (χ0v) is 21.4. The summed E-state index contributed by atoms with van der Waals surface area (Å²) in [6.45, 7) is 0.765. The van der Waals surface area contributed by atoms with E-state index >= 15 is 0 Å². The van der Waals surface area contributed by atoms with Crippen LogP contribution < -0.4 is 20.7 Å². The molecule has 0 saturated heterocycles. The minimum absolute atomic E-state index is 0.0670. The maximum atomic E-state index is 12.5. The molecule has 0 aliphatic heterocycles. The quantitative estimate of drug-likeness (QED) is 0.185. The molecule has 0 spiro atoms. The van der Waals surface area contributed by atoms with Crippen molar-refractivity contribution in [2.75, 3.05) is 29.1 Å². The van der Waals surface area contributed by atoms with Gasteiger partial charge in [0.1, 0.15) is 5.75 Å². The molecule has 0 unspecified atom stereocenters. The Hall–Kier alpha value is -4.58. The molecular weight excluding hydrogens is 474 g/mol. The maximum Gasteiger partial charge on any atom is 0.243 e. The summed E-state index contributed by atoms with van der Waals surface area (Å²) in [5.41, 5.74) is 4.53. The summed E-state index contributed by atoms with van der Waals surface area (Å²) < 4.78 is 5.83. The van der Waals surface area contributed by atoms with Crippen LogP contribution in [-0.2, 0) is 22.4 Å². The van der Waals surface area contributed by atoms with Gasteiger partial charge in [-0.25, -0.2) is 0 Å². The predicted octanol–water partition coefficient (Wildman–Crippen LogP) is 6.32. The SMILES string of the molecule is O=C(CCc1ccccc1)Nc1cccc(NC(=O)CNc2ccc(OCCCc3ccccc3)cc2)c1. The van der Waals surface area contributed by atoms with E-state index in [1.54, 1.807) is 24.3 Å². The minimum Gasteiger partial charge on any atom is -0.494 e. The van der Waals surface area contributed by atoms with Crippen molar-refractivity contribution in [3.05, 3.63) is 120 Å². The van der Waals surface area contributed by atoms with Gasteiger partial charge in [0, 0.05) is 23.5 Å². The second-order valence-corrected chi connectivity index (χ2v) is 8.98. The van der Waals surface area contributed by atoms with Crippen molar-refractivity contribution in [1.82, 2.24) is 0 Å². The summed E-state index contributed by atoms with van der Waals surface area (Å²) in [5.74, 6) is 0.553. The second-order valence-electron chi connectivity index (χ2n) is 8.98. The van der Waals surface area contributed by atoms with Crippen LogP contribution in [0.2, 0.25) is 0 Å². The van der Waals surface area contributed by atoms with E-state index in [4.69, 9.17) is 4.74 Å². The monoisotopic (exact) mass is 507 g/mol. The Morgan fingerprint density at radius 2 is 1.21 bits per heavy atom. The van der Waals surface area contributed by atoms with Gasteiger partial charge in [0.25, 0.3) is 0 Å². The van der Waals surface area contributed by atoms with E-state index in [2.05, 4.69) is 28.1 Å². The van der Waals surface area contributed by atoms with E-state index in [0.717, 1.165) is 29.8 Å². The molecule has 38 heavy (non-hydrogen) atoms. The normalized spacial score (nSPS) is 10.4. The molecule has 0 aliphatic carbocycles. The lowest BCUT2D eigenvalue weighted by Crippen LogP contribution is -2.21. The van der Waals surface area contributed by atoms with Gasteiger partial charge in [-0.2, -0.15) is 0 Å². The van der Waals surface area contributed by atoms with E-state index in [1.165, 1.54) is 5.56 Å². The number of anilines is 3. The van der Waals surface area contributed by atoms with Gasteiger partial charge < -0.3 is 20.7 Å². The summed E-state index contributed by atoms with van der Waals surface area (Å²) in [5, 5.41) is 8.89. The fourth-order valence-corrected chi connectivity index (χ4v) is 3.97. The number of ether oxygens (including phenoxy) is 1. The number of amides is 2. The summed E-state index contributed by atoms with van der Waals surface area (Å²) in [4.78, 5) is 24.8. The Morgan fingerprint density at radius 3 is 1.87 bits per heavy atom. The number of hydrogen-bond donors (Lipinski definition) is 3. The molecule has 6 nitrogen and oxygen atoms in total. The summed E-state index contributed by atoms with van der Waals surface area (Å²) >= 11 is 0. The van der Waals surface area contributed by atoms with Gasteiger partial charge in [-0.3, -0.25) is 9.59 Å². The Kier molecular flexibility index (Phi) is 9.92. The van der Waals surface area contributed by atoms with Crippen LogP contribution in [0.4, 0.5) is 17.1 Å². The van der Waals surface area contributed by atoms with E-state index < -0.39 is 0 Å². The third-order valence-corrected chi connectivity index (χ3v) is 5.94. The zero-order chi connectivity index (χ0) is 26.4. The summed E-state index contributed by atoms with van der Waals surface area (Å²) in [7, 11) is 0. The molecule has 0 aromatic heterocycles. The number of rotatable bonds is 13. The van der Waals surface area contributed by atoms with Gasteiger partial charge >= 0.3 is 0 Å². The fraction of sp³-hybridized carbons (Fsp3) is 0.188. The van der Waals surface area contributed by atoms with Gasteiger partial charge in [0.15, 0.2) is 0 Å². The summed E-state index contributed by atoms with van der Waals surface area (Å²) in [6, 6.07) is 35.0. The van der Waals surface area contributed by atoms with Crippen molar-refractivity contribution in [3.8, 4) is 5.75 Å². The van der Waals surface area contributed by atoms with E-state index in [-0.39, 0.29) is 18.4 Å². The van der Waals surface area contributed by atoms with Crippen LogP contribution in [0.5, 0.6) is 5.75 Å². The van der Waals surface area contributed by atoms with Crippen LogP contribution in [0.3, 0.4) is 0 Å². The van der Waals surface area contributed by atoms with Crippen molar-refractivity contribution in [3.63, 3.8) is 0 Å². The molecule has 0 aliphatic rings. The van der Waals surface area contributed by atoms with Crippen LogP contribution in [0.25, 0.3) is 0 Å². The molecule has 4 aromatic carbocycles. The molecular formula is C32H33N3O3. The first-order valence-electron chi connectivity index (χ1n) is 12.9. The average Bonchev–Trinajstić information content (AvgIpc) is 2.95. The Balaban J connectivity index is 1.15. The van der Waals surface area contributed by atoms with Gasteiger partial charge in [0.2, 0.25) is 11.8 Å². The lowest BCUT2D eigenvalue weighted by molar-refractivity contribution is -0.116. The van der Waals surface area contributed by atoms with Gasteiger partial charge in [-0.15, -0.1) is 0 Å². The number of carbonyl (C=O) groups is 2. The molecule has 0 fully saturated rings. The number of carbonyl (C=O) groups excluding carboxylic acids is 2. The molecule has 194 valence electrons. The highest BCUT2D eigenvalue weighted by Crippen LogP contribution is 2.18. The van der Waals surface area contributed by atoms with E-state index in [0.29, 0.717) is 30.8 Å². The van der Waals surface area contributed by atoms with Crippen LogP contribution in [-0.4, -0.2) is 25.0 Å². The summed E-state index contributed by atoms with van der Waals surface area (Å²) in [6.07, 6.45) is 3.00. The number of benzene rings is 4. The van der Waals surface area contributed by atoms with E-state index in [1.807, 2.05) is 72.8 Å². The maximum absolute atomic E-state index is 12.5. The second kappa shape index (κ2) is 14.2. The predicted molar refractivity (Wildman–Crippen MR) is 154 cm³/mol. The highest BCUT2D eigenvalue weighted by atomic mass is 16.5.